The van der Waals surface area contributed by atoms with E-state index in [1.165, 1.54) is 0 Å². The largest absolute Gasteiger partial charge is 0.502 e. The van der Waals surface area contributed by atoms with E-state index < -0.39 is 0 Å². The number of anilines is 1. The van der Waals surface area contributed by atoms with E-state index >= 15 is 0 Å². The number of benzene rings is 3. The summed E-state index contributed by atoms with van der Waals surface area (Å²) in [5, 5.41) is 14.3. The van der Waals surface area contributed by atoms with Crippen LogP contribution in [0.1, 0.15) is 28.7 Å². The Hall–Kier alpha value is -3.58. The second-order valence-corrected chi connectivity index (χ2v) is 8.94. The number of methoxy groups -OCH3 is 2. The molecule has 0 amide bonds. The van der Waals surface area contributed by atoms with Crippen molar-refractivity contribution in [2.24, 2.45) is 11.8 Å². The van der Waals surface area contributed by atoms with Crippen molar-refractivity contribution >= 4 is 5.69 Å². The maximum Gasteiger partial charge on any atom is 0.231 e. The van der Waals surface area contributed by atoms with Crippen molar-refractivity contribution in [2.75, 3.05) is 39.5 Å². The first-order valence-electron chi connectivity index (χ1n) is 11.5. The fourth-order valence-corrected chi connectivity index (χ4v) is 5.67. The second-order valence-electron chi connectivity index (χ2n) is 8.94. The van der Waals surface area contributed by atoms with Gasteiger partial charge < -0.3 is 34.1 Å². The molecule has 0 radical (unpaired) electrons. The topological polar surface area (TPSA) is 78.4 Å². The molecule has 1 saturated heterocycles. The van der Waals surface area contributed by atoms with Crippen LogP contribution < -0.4 is 24.3 Å². The maximum absolute atomic E-state index is 10.5. The van der Waals surface area contributed by atoms with Crippen LogP contribution in [0.4, 0.5) is 5.69 Å². The smallest absolute Gasteiger partial charge is 0.231 e. The van der Waals surface area contributed by atoms with Crippen LogP contribution in [0.3, 0.4) is 0 Å². The lowest BCUT2D eigenvalue weighted by molar-refractivity contribution is 0.173. The van der Waals surface area contributed by atoms with Gasteiger partial charge in [0.05, 0.1) is 33.5 Å². The SMILES string of the molecule is COc1cc([C@H]2c3cc4c(cc3[C@H](Nc3ccccc3)[C@@H]3COC[C@@H]23)OCO4)cc(OC)c1O. The van der Waals surface area contributed by atoms with Gasteiger partial charge in [-0.05, 0) is 53.1 Å². The third-order valence-corrected chi connectivity index (χ3v) is 7.23. The Morgan fingerprint density at radius 2 is 1.50 bits per heavy atom. The van der Waals surface area contributed by atoms with E-state index in [0.717, 1.165) is 33.9 Å². The lowest BCUT2D eigenvalue weighted by Gasteiger charge is -2.41. The molecule has 7 nitrogen and oxygen atoms in total. The maximum atomic E-state index is 10.5. The van der Waals surface area contributed by atoms with Crippen LogP contribution in [-0.4, -0.2) is 39.3 Å². The van der Waals surface area contributed by atoms with Gasteiger partial charge in [0.2, 0.25) is 12.5 Å². The van der Waals surface area contributed by atoms with Crippen molar-refractivity contribution in [1.82, 2.24) is 0 Å². The van der Waals surface area contributed by atoms with Gasteiger partial charge >= 0.3 is 0 Å². The molecule has 1 aliphatic carbocycles. The van der Waals surface area contributed by atoms with Gasteiger partial charge in [-0.2, -0.15) is 0 Å². The Bertz CT molecular complexity index is 1190. The highest BCUT2D eigenvalue weighted by Crippen LogP contribution is 2.55. The minimum absolute atomic E-state index is 0.00156. The van der Waals surface area contributed by atoms with Crippen LogP contribution >= 0.6 is 0 Å². The summed E-state index contributed by atoms with van der Waals surface area (Å²) >= 11 is 0. The number of hydrogen-bond donors (Lipinski definition) is 2. The highest BCUT2D eigenvalue weighted by atomic mass is 16.7. The lowest BCUT2D eigenvalue weighted by atomic mass is 9.65. The molecule has 0 saturated carbocycles. The van der Waals surface area contributed by atoms with Gasteiger partial charge in [-0.1, -0.05) is 18.2 Å². The minimum Gasteiger partial charge on any atom is -0.502 e. The number of phenolic OH excluding ortho intramolecular Hbond substituents is 1. The molecule has 6 rings (SSSR count). The monoisotopic (exact) mass is 461 g/mol. The van der Waals surface area contributed by atoms with Crippen LogP contribution in [0.15, 0.2) is 54.6 Å². The highest BCUT2D eigenvalue weighted by Gasteiger charge is 2.47. The molecule has 176 valence electrons. The average Bonchev–Trinajstić information content (AvgIpc) is 3.53. The van der Waals surface area contributed by atoms with Crippen LogP contribution in [-0.2, 0) is 4.74 Å². The highest BCUT2D eigenvalue weighted by molar-refractivity contribution is 5.60. The molecule has 1 fully saturated rings. The Kier molecular flexibility index (Phi) is 5.14. The molecule has 3 aromatic rings. The van der Waals surface area contributed by atoms with Gasteiger partial charge in [0.1, 0.15) is 0 Å². The molecule has 3 aromatic carbocycles. The quantitative estimate of drug-likeness (QED) is 0.570. The zero-order valence-electron chi connectivity index (χ0n) is 19.1. The van der Waals surface area contributed by atoms with Crippen LogP contribution in [0.2, 0.25) is 0 Å². The van der Waals surface area contributed by atoms with E-state index in [4.69, 9.17) is 23.7 Å². The number of hydrogen-bond acceptors (Lipinski definition) is 7. The van der Waals surface area contributed by atoms with Gasteiger partial charge in [0.25, 0.3) is 0 Å². The van der Waals surface area contributed by atoms with E-state index in [2.05, 4.69) is 29.6 Å². The van der Waals surface area contributed by atoms with Crippen LogP contribution in [0.5, 0.6) is 28.7 Å². The van der Waals surface area contributed by atoms with Gasteiger partial charge in [0.15, 0.2) is 23.0 Å². The zero-order valence-corrected chi connectivity index (χ0v) is 19.1. The van der Waals surface area contributed by atoms with Gasteiger partial charge in [0, 0.05) is 23.4 Å². The Morgan fingerprint density at radius 3 is 2.18 bits per heavy atom. The van der Waals surface area contributed by atoms with E-state index in [-0.39, 0.29) is 36.3 Å². The summed E-state index contributed by atoms with van der Waals surface area (Å²) in [6, 6.07) is 18.3. The fraction of sp³-hybridized carbons (Fsp3) is 0.333. The molecule has 2 aliphatic heterocycles. The molecule has 4 atom stereocenters. The molecule has 0 aromatic heterocycles. The number of ether oxygens (including phenoxy) is 5. The summed E-state index contributed by atoms with van der Waals surface area (Å²) in [7, 11) is 3.10. The lowest BCUT2D eigenvalue weighted by Crippen LogP contribution is -2.36. The predicted molar refractivity (Wildman–Crippen MR) is 126 cm³/mol. The first-order chi connectivity index (χ1) is 16.7. The Morgan fingerprint density at radius 1 is 0.853 bits per heavy atom. The zero-order chi connectivity index (χ0) is 23.2. The number of fused-ring (bicyclic) bond motifs is 3. The fourth-order valence-electron chi connectivity index (χ4n) is 5.67. The third kappa shape index (κ3) is 3.30. The van der Waals surface area contributed by atoms with Crippen molar-refractivity contribution in [2.45, 2.75) is 12.0 Å². The number of para-hydroxylation sites is 1. The van der Waals surface area contributed by atoms with Crippen molar-refractivity contribution in [3.05, 3.63) is 71.3 Å². The van der Waals surface area contributed by atoms with Gasteiger partial charge in [-0.25, -0.2) is 0 Å². The predicted octanol–water partition coefficient (Wildman–Crippen LogP) is 4.70. The summed E-state index contributed by atoms with van der Waals surface area (Å²) in [5.41, 5.74) is 4.38. The van der Waals surface area contributed by atoms with Crippen molar-refractivity contribution in [3.8, 4) is 28.7 Å². The number of aromatic hydroxyl groups is 1. The van der Waals surface area contributed by atoms with E-state index in [9.17, 15) is 5.11 Å². The van der Waals surface area contributed by atoms with E-state index in [1.54, 1.807) is 14.2 Å². The summed E-state index contributed by atoms with van der Waals surface area (Å²) in [6.45, 7) is 1.52. The molecule has 0 unspecified atom stereocenters. The standard InChI is InChI=1S/C27H27NO6/c1-30-23-8-15(9-24(31-2)27(23)29)25-17-10-21-22(34-14-33-21)11-18(17)26(20-13-32-12-19(20)25)28-16-6-4-3-5-7-16/h3-11,19-20,25-26,28-29H,12-14H2,1-2H3/t19-,20-,25+,26+/m1/s1. The van der Waals surface area contributed by atoms with E-state index in [1.807, 2.05) is 30.3 Å². The van der Waals surface area contributed by atoms with E-state index in [0.29, 0.717) is 24.7 Å². The molecule has 34 heavy (non-hydrogen) atoms. The summed E-state index contributed by atoms with van der Waals surface area (Å²) in [4.78, 5) is 0. The Labute approximate surface area is 198 Å². The van der Waals surface area contributed by atoms with Gasteiger partial charge in [-0.3, -0.25) is 0 Å². The van der Waals surface area contributed by atoms with Crippen LogP contribution in [0, 0.1) is 11.8 Å². The Balaban J connectivity index is 1.53. The molecule has 0 spiro atoms. The number of rotatable bonds is 5. The molecule has 2 heterocycles. The number of nitrogens with one attached hydrogen (secondary N) is 1. The third-order valence-electron chi connectivity index (χ3n) is 7.23. The molecule has 3 aliphatic rings. The molecule has 2 N–H and O–H groups in total. The minimum atomic E-state index is -0.00156. The number of phenols is 1. The molecular formula is C27H27NO6. The summed E-state index contributed by atoms with van der Waals surface area (Å²) < 4.78 is 28.5. The van der Waals surface area contributed by atoms with Crippen molar-refractivity contribution in [1.29, 1.82) is 0 Å². The summed E-state index contributed by atoms with van der Waals surface area (Å²) in [6.07, 6.45) is 0. The van der Waals surface area contributed by atoms with Crippen molar-refractivity contribution in [3.63, 3.8) is 0 Å². The molecule has 7 heteroatoms. The van der Waals surface area contributed by atoms with Gasteiger partial charge in [-0.15, -0.1) is 0 Å². The van der Waals surface area contributed by atoms with Crippen LogP contribution in [0.25, 0.3) is 0 Å². The average molecular weight is 462 g/mol. The first-order valence-corrected chi connectivity index (χ1v) is 11.5. The summed E-state index contributed by atoms with van der Waals surface area (Å²) in [5.74, 6) is 2.74. The first kappa shape index (κ1) is 21.0. The molecule has 0 bridgehead atoms. The van der Waals surface area contributed by atoms with Crippen molar-refractivity contribution < 1.29 is 28.8 Å². The normalized spacial score (nSPS) is 24.3. The molecular weight excluding hydrogens is 434 g/mol. The second kappa shape index (κ2) is 8.33.